The van der Waals surface area contributed by atoms with E-state index in [9.17, 15) is 0 Å². The summed E-state index contributed by atoms with van der Waals surface area (Å²) in [5, 5.41) is 8.76. The quantitative estimate of drug-likeness (QED) is 0.839. The van der Waals surface area contributed by atoms with Crippen LogP contribution in [0.25, 0.3) is 0 Å². The molecule has 1 aliphatic heterocycles. The van der Waals surface area contributed by atoms with Crippen molar-refractivity contribution in [3.63, 3.8) is 0 Å². The molecule has 1 unspecified atom stereocenters. The van der Waals surface area contributed by atoms with E-state index in [1.165, 1.54) is 38.5 Å². The minimum absolute atomic E-state index is 0.164. The average Bonchev–Trinajstić information content (AvgIpc) is 2.89. The summed E-state index contributed by atoms with van der Waals surface area (Å²) in [6, 6.07) is 9.38. The first-order valence-corrected chi connectivity index (χ1v) is 7.60. The molecule has 0 bridgehead atoms. The van der Waals surface area contributed by atoms with E-state index in [2.05, 4.69) is 6.07 Å². The maximum atomic E-state index is 8.76. The summed E-state index contributed by atoms with van der Waals surface area (Å²) in [7, 11) is 0. The number of hydrogen-bond donors (Lipinski definition) is 0. The van der Waals surface area contributed by atoms with Crippen molar-refractivity contribution in [3.05, 3.63) is 29.8 Å². The van der Waals surface area contributed by atoms with Crippen molar-refractivity contribution in [2.75, 3.05) is 6.61 Å². The van der Waals surface area contributed by atoms with Gasteiger partial charge in [0, 0.05) is 0 Å². The van der Waals surface area contributed by atoms with Gasteiger partial charge in [-0.15, -0.1) is 0 Å². The third kappa shape index (κ3) is 2.96. The van der Waals surface area contributed by atoms with Crippen molar-refractivity contribution in [3.8, 4) is 11.8 Å². The van der Waals surface area contributed by atoms with Crippen molar-refractivity contribution in [1.29, 1.82) is 5.26 Å². The molecule has 0 aromatic heterocycles. The van der Waals surface area contributed by atoms with Crippen LogP contribution in [0.5, 0.6) is 5.75 Å². The number of benzene rings is 1. The lowest BCUT2D eigenvalue weighted by atomic mass is 9.83. The molecule has 1 aliphatic carbocycles. The van der Waals surface area contributed by atoms with Gasteiger partial charge in [-0.25, -0.2) is 0 Å². The lowest BCUT2D eigenvalue weighted by Gasteiger charge is -2.33. The molecule has 0 radical (unpaired) electrons. The topological polar surface area (TPSA) is 42.2 Å². The van der Waals surface area contributed by atoms with E-state index in [-0.39, 0.29) is 11.7 Å². The molecule has 3 rings (SSSR count). The SMILES string of the molecule is N#Cc1ccc(OCC2CCC3(CCCCC3)O2)cc1. The van der Waals surface area contributed by atoms with Crippen LogP contribution in [0.2, 0.25) is 0 Å². The molecule has 20 heavy (non-hydrogen) atoms. The fourth-order valence-electron chi connectivity index (χ4n) is 3.39. The van der Waals surface area contributed by atoms with Gasteiger partial charge in [-0.2, -0.15) is 5.26 Å². The Balaban J connectivity index is 1.50. The van der Waals surface area contributed by atoms with E-state index in [0.717, 1.165) is 12.2 Å². The number of nitriles is 1. The van der Waals surface area contributed by atoms with Crippen LogP contribution in [0, 0.1) is 11.3 Å². The zero-order valence-electron chi connectivity index (χ0n) is 11.8. The summed E-state index contributed by atoms with van der Waals surface area (Å²) in [6.45, 7) is 0.619. The van der Waals surface area contributed by atoms with Crippen LogP contribution in [-0.2, 0) is 4.74 Å². The molecule has 1 aromatic carbocycles. The number of hydrogen-bond acceptors (Lipinski definition) is 3. The van der Waals surface area contributed by atoms with E-state index < -0.39 is 0 Å². The number of rotatable bonds is 3. The monoisotopic (exact) mass is 271 g/mol. The molecular weight excluding hydrogens is 250 g/mol. The molecule has 1 aromatic rings. The van der Waals surface area contributed by atoms with Crippen molar-refractivity contribution < 1.29 is 9.47 Å². The third-order valence-electron chi connectivity index (χ3n) is 4.52. The molecule has 1 spiro atoms. The molecule has 0 amide bonds. The Morgan fingerprint density at radius 2 is 1.90 bits per heavy atom. The van der Waals surface area contributed by atoms with Crippen LogP contribution in [0.3, 0.4) is 0 Å². The van der Waals surface area contributed by atoms with Gasteiger partial charge in [0.2, 0.25) is 0 Å². The minimum Gasteiger partial charge on any atom is -0.491 e. The van der Waals surface area contributed by atoms with Crippen LogP contribution in [0.1, 0.15) is 50.5 Å². The number of ether oxygens (including phenoxy) is 2. The molecule has 1 atom stereocenters. The van der Waals surface area contributed by atoms with Crippen molar-refractivity contribution in [2.24, 2.45) is 0 Å². The third-order valence-corrected chi connectivity index (χ3v) is 4.52. The number of nitrogens with zero attached hydrogens (tertiary/aromatic N) is 1. The van der Waals surface area contributed by atoms with E-state index in [4.69, 9.17) is 14.7 Å². The minimum atomic E-state index is 0.164. The maximum Gasteiger partial charge on any atom is 0.119 e. The Labute approximate surface area is 120 Å². The second-order valence-corrected chi connectivity index (χ2v) is 5.97. The first kappa shape index (κ1) is 13.5. The Morgan fingerprint density at radius 1 is 1.15 bits per heavy atom. The van der Waals surface area contributed by atoms with Crippen LogP contribution >= 0.6 is 0 Å². The summed E-state index contributed by atoms with van der Waals surface area (Å²) in [4.78, 5) is 0. The standard InChI is InChI=1S/C17H21NO2/c18-12-14-4-6-15(7-5-14)19-13-16-8-11-17(20-16)9-2-1-3-10-17/h4-7,16H,1-3,8-11,13H2. The van der Waals surface area contributed by atoms with Crippen molar-refractivity contribution in [1.82, 2.24) is 0 Å². The lowest BCUT2D eigenvalue weighted by molar-refractivity contribution is -0.0748. The van der Waals surface area contributed by atoms with E-state index >= 15 is 0 Å². The summed E-state index contributed by atoms with van der Waals surface area (Å²) in [6.07, 6.45) is 8.94. The van der Waals surface area contributed by atoms with Crippen LogP contribution in [0.4, 0.5) is 0 Å². The van der Waals surface area contributed by atoms with Gasteiger partial charge in [0.1, 0.15) is 12.4 Å². The fraction of sp³-hybridized carbons (Fsp3) is 0.588. The van der Waals surface area contributed by atoms with E-state index in [0.29, 0.717) is 12.2 Å². The second-order valence-electron chi connectivity index (χ2n) is 5.97. The van der Waals surface area contributed by atoms with Gasteiger partial charge in [0.15, 0.2) is 0 Å². The van der Waals surface area contributed by atoms with Crippen molar-refractivity contribution in [2.45, 2.75) is 56.7 Å². The Morgan fingerprint density at radius 3 is 2.60 bits per heavy atom. The highest BCUT2D eigenvalue weighted by atomic mass is 16.6. The zero-order chi connectivity index (χ0) is 13.8. The van der Waals surface area contributed by atoms with Gasteiger partial charge in [0.05, 0.1) is 23.3 Å². The van der Waals surface area contributed by atoms with Gasteiger partial charge in [-0.1, -0.05) is 19.3 Å². The molecule has 0 N–H and O–H groups in total. The molecule has 2 aliphatic rings. The maximum absolute atomic E-state index is 8.76. The highest BCUT2D eigenvalue weighted by Crippen LogP contribution is 2.41. The molecule has 1 heterocycles. The largest absolute Gasteiger partial charge is 0.491 e. The average molecular weight is 271 g/mol. The molecule has 1 saturated heterocycles. The molecule has 3 nitrogen and oxygen atoms in total. The predicted molar refractivity (Wildman–Crippen MR) is 76.6 cm³/mol. The van der Waals surface area contributed by atoms with Crippen molar-refractivity contribution >= 4 is 0 Å². The summed E-state index contributed by atoms with van der Waals surface area (Å²) >= 11 is 0. The Kier molecular flexibility index (Phi) is 3.93. The highest BCUT2D eigenvalue weighted by molar-refractivity contribution is 5.34. The summed E-state index contributed by atoms with van der Waals surface area (Å²) < 4.78 is 12.1. The van der Waals surface area contributed by atoms with Gasteiger partial charge < -0.3 is 9.47 Å². The molecule has 106 valence electrons. The Bertz CT molecular complexity index is 483. The Hall–Kier alpha value is -1.53. The first-order valence-electron chi connectivity index (χ1n) is 7.60. The van der Waals surface area contributed by atoms with Crippen LogP contribution in [0.15, 0.2) is 24.3 Å². The highest BCUT2D eigenvalue weighted by Gasteiger charge is 2.40. The predicted octanol–water partition coefficient (Wildman–Crippen LogP) is 3.82. The molecule has 2 fully saturated rings. The van der Waals surface area contributed by atoms with Gasteiger partial charge in [-0.3, -0.25) is 0 Å². The van der Waals surface area contributed by atoms with Gasteiger partial charge >= 0.3 is 0 Å². The van der Waals surface area contributed by atoms with Gasteiger partial charge in [-0.05, 0) is 49.9 Å². The second kappa shape index (κ2) is 5.85. The molecular formula is C17H21NO2. The first-order chi connectivity index (χ1) is 9.80. The van der Waals surface area contributed by atoms with Crippen LogP contribution < -0.4 is 4.74 Å². The van der Waals surface area contributed by atoms with Crippen LogP contribution in [-0.4, -0.2) is 18.3 Å². The van der Waals surface area contributed by atoms with E-state index in [1.807, 2.05) is 12.1 Å². The molecule has 3 heteroatoms. The fourth-order valence-corrected chi connectivity index (χ4v) is 3.39. The summed E-state index contributed by atoms with van der Waals surface area (Å²) in [5.74, 6) is 0.817. The molecule has 1 saturated carbocycles. The lowest BCUT2D eigenvalue weighted by Crippen LogP contribution is -2.32. The van der Waals surface area contributed by atoms with Gasteiger partial charge in [0.25, 0.3) is 0 Å². The normalized spacial score (nSPS) is 24.4. The summed E-state index contributed by atoms with van der Waals surface area (Å²) in [5.41, 5.74) is 0.826. The smallest absolute Gasteiger partial charge is 0.119 e. The van der Waals surface area contributed by atoms with E-state index in [1.54, 1.807) is 12.1 Å². The zero-order valence-corrected chi connectivity index (χ0v) is 11.8.